The van der Waals surface area contributed by atoms with Crippen LogP contribution in [0.1, 0.15) is 5.56 Å². The maximum absolute atomic E-state index is 11.0. The summed E-state index contributed by atoms with van der Waals surface area (Å²) in [7, 11) is 0. The van der Waals surface area contributed by atoms with Crippen LogP contribution in [-0.2, 0) is 6.42 Å². The fourth-order valence-corrected chi connectivity index (χ4v) is 1.82. The van der Waals surface area contributed by atoms with Crippen molar-refractivity contribution in [3.05, 3.63) is 46.1 Å². The minimum Gasteiger partial charge on any atom is -0.464 e. The van der Waals surface area contributed by atoms with Crippen LogP contribution in [0, 0.1) is 10.1 Å². The summed E-state index contributed by atoms with van der Waals surface area (Å²) in [6.07, 6.45) is 0.582. The largest absolute Gasteiger partial charge is 0.464 e. The number of carboxylic acid groups (broad SMARTS) is 1. The second kappa shape index (κ2) is 4.25. The summed E-state index contributed by atoms with van der Waals surface area (Å²) in [5.41, 5.74) is 1.23. The van der Waals surface area contributed by atoms with E-state index in [0.29, 0.717) is 11.1 Å². The Balaban J connectivity index is 2.49. The van der Waals surface area contributed by atoms with E-state index in [9.17, 15) is 14.9 Å². The summed E-state index contributed by atoms with van der Waals surface area (Å²) in [6, 6.07) is 6.96. The van der Waals surface area contributed by atoms with E-state index in [1.54, 1.807) is 24.3 Å². The summed E-state index contributed by atoms with van der Waals surface area (Å²) < 4.78 is 1.09. The van der Waals surface area contributed by atoms with Crippen molar-refractivity contribution in [2.75, 3.05) is 6.54 Å². The molecule has 6 nitrogen and oxygen atoms in total. The standard InChI is InChI=1S/C11H10N2O4/c14-11(15)12-7-8(5-6-13(16)17)9-3-1-2-4-10(9)12/h1-4,7H,5-6H2,(H,14,15). The number of hydrogen-bond donors (Lipinski definition) is 1. The van der Waals surface area contributed by atoms with Gasteiger partial charge in [-0.3, -0.25) is 14.7 Å². The van der Waals surface area contributed by atoms with E-state index in [-0.39, 0.29) is 13.0 Å². The van der Waals surface area contributed by atoms with Gasteiger partial charge in [0, 0.05) is 22.9 Å². The van der Waals surface area contributed by atoms with Gasteiger partial charge in [-0.25, -0.2) is 4.79 Å². The highest BCUT2D eigenvalue weighted by molar-refractivity contribution is 5.91. The maximum atomic E-state index is 11.0. The van der Waals surface area contributed by atoms with Crippen molar-refractivity contribution < 1.29 is 14.8 Å². The topological polar surface area (TPSA) is 85.4 Å². The summed E-state index contributed by atoms with van der Waals surface area (Å²) in [5, 5.41) is 20.1. The fraction of sp³-hybridized carbons (Fsp3) is 0.182. The Hall–Kier alpha value is -2.37. The molecule has 0 atom stereocenters. The molecule has 1 N–H and O–H groups in total. The average Bonchev–Trinajstić information content (AvgIpc) is 2.65. The molecule has 0 saturated heterocycles. The van der Waals surface area contributed by atoms with Gasteiger partial charge in [0.2, 0.25) is 6.54 Å². The van der Waals surface area contributed by atoms with E-state index >= 15 is 0 Å². The monoisotopic (exact) mass is 234 g/mol. The third kappa shape index (κ3) is 2.10. The van der Waals surface area contributed by atoms with Gasteiger partial charge in [0.25, 0.3) is 0 Å². The molecule has 0 aliphatic rings. The van der Waals surface area contributed by atoms with Crippen LogP contribution in [-0.4, -0.2) is 27.2 Å². The molecule has 1 aromatic carbocycles. The van der Waals surface area contributed by atoms with E-state index in [0.717, 1.165) is 9.95 Å². The molecule has 17 heavy (non-hydrogen) atoms. The molecular weight excluding hydrogens is 224 g/mol. The highest BCUT2D eigenvalue weighted by atomic mass is 16.6. The van der Waals surface area contributed by atoms with Crippen molar-refractivity contribution in [3.63, 3.8) is 0 Å². The first-order valence-electron chi connectivity index (χ1n) is 5.03. The minimum atomic E-state index is -1.09. The Morgan fingerprint density at radius 2 is 2.12 bits per heavy atom. The number of nitro groups is 1. The maximum Gasteiger partial charge on any atom is 0.416 e. The van der Waals surface area contributed by atoms with Crippen molar-refractivity contribution in [2.45, 2.75) is 6.42 Å². The number of rotatable bonds is 3. The number of para-hydroxylation sites is 1. The lowest BCUT2D eigenvalue weighted by Gasteiger charge is -1.95. The van der Waals surface area contributed by atoms with Crippen molar-refractivity contribution in [3.8, 4) is 0 Å². The molecule has 88 valence electrons. The number of fused-ring (bicyclic) bond motifs is 1. The molecule has 0 saturated carbocycles. The number of nitrogens with zero attached hydrogens (tertiary/aromatic N) is 2. The molecule has 0 unspecified atom stereocenters. The molecule has 0 amide bonds. The fourth-order valence-electron chi connectivity index (χ4n) is 1.82. The Bertz CT molecular complexity index is 588. The Morgan fingerprint density at radius 1 is 1.41 bits per heavy atom. The van der Waals surface area contributed by atoms with Gasteiger partial charge in [0.1, 0.15) is 0 Å². The van der Waals surface area contributed by atoms with Gasteiger partial charge in [-0.1, -0.05) is 18.2 Å². The van der Waals surface area contributed by atoms with Gasteiger partial charge < -0.3 is 5.11 Å². The Kier molecular flexibility index (Phi) is 2.78. The zero-order valence-corrected chi connectivity index (χ0v) is 8.87. The molecule has 0 bridgehead atoms. The lowest BCUT2D eigenvalue weighted by atomic mass is 10.1. The van der Waals surface area contributed by atoms with Crippen molar-refractivity contribution in [1.29, 1.82) is 0 Å². The summed E-state index contributed by atoms with van der Waals surface area (Å²) in [6.45, 7) is -0.201. The van der Waals surface area contributed by atoms with Crippen LogP contribution in [0.25, 0.3) is 10.9 Å². The highest BCUT2D eigenvalue weighted by Gasteiger charge is 2.13. The van der Waals surface area contributed by atoms with Gasteiger partial charge >= 0.3 is 6.09 Å². The first-order valence-corrected chi connectivity index (χ1v) is 5.03. The normalized spacial score (nSPS) is 10.6. The van der Waals surface area contributed by atoms with Gasteiger partial charge in [-0.15, -0.1) is 0 Å². The van der Waals surface area contributed by atoms with Crippen molar-refractivity contribution in [2.24, 2.45) is 0 Å². The van der Waals surface area contributed by atoms with Crippen LogP contribution in [0.5, 0.6) is 0 Å². The van der Waals surface area contributed by atoms with Crippen LogP contribution < -0.4 is 0 Å². The van der Waals surface area contributed by atoms with Crippen molar-refractivity contribution >= 4 is 17.0 Å². The van der Waals surface area contributed by atoms with E-state index in [1.165, 1.54) is 6.20 Å². The third-order valence-corrected chi connectivity index (χ3v) is 2.56. The molecule has 0 aliphatic heterocycles. The van der Waals surface area contributed by atoms with E-state index in [2.05, 4.69) is 0 Å². The van der Waals surface area contributed by atoms with E-state index < -0.39 is 11.0 Å². The minimum absolute atomic E-state index is 0.201. The van der Waals surface area contributed by atoms with Crippen LogP contribution in [0.2, 0.25) is 0 Å². The molecule has 6 heteroatoms. The number of hydrogen-bond acceptors (Lipinski definition) is 3. The molecule has 2 rings (SSSR count). The zero-order valence-electron chi connectivity index (χ0n) is 8.87. The van der Waals surface area contributed by atoms with Crippen LogP contribution in [0.15, 0.2) is 30.5 Å². The number of benzene rings is 1. The summed E-state index contributed by atoms with van der Waals surface area (Å²) in [4.78, 5) is 20.9. The number of aromatic nitrogens is 1. The molecule has 0 radical (unpaired) electrons. The molecule has 1 heterocycles. The second-order valence-corrected chi connectivity index (χ2v) is 3.63. The molecule has 0 spiro atoms. The van der Waals surface area contributed by atoms with E-state index in [1.807, 2.05) is 0 Å². The first kappa shape index (κ1) is 11.1. The van der Waals surface area contributed by atoms with Gasteiger partial charge in [-0.05, 0) is 11.6 Å². The lowest BCUT2D eigenvalue weighted by Crippen LogP contribution is -2.06. The third-order valence-electron chi connectivity index (χ3n) is 2.56. The molecule has 0 fully saturated rings. The lowest BCUT2D eigenvalue weighted by molar-refractivity contribution is -0.479. The molecule has 0 aliphatic carbocycles. The van der Waals surface area contributed by atoms with Gasteiger partial charge in [-0.2, -0.15) is 0 Å². The van der Waals surface area contributed by atoms with Crippen LogP contribution in [0.4, 0.5) is 4.79 Å². The molecular formula is C11H10N2O4. The Morgan fingerprint density at radius 3 is 2.76 bits per heavy atom. The average molecular weight is 234 g/mol. The van der Waals surface area contributed by atoms with Crippen LogP contribution >= 0.6 is 0 Å². The summed E-state index contributed by atoms with van der Waals surface area (Å²) in [5.74, 6) is 0. The van der Waals surface area contributed by atoms with E-state index in [4.69, 9.17) is 5.11 Å². The van der Waals surface area contributed by atoms with Crippen LogP contribution in [0.3, 0.4) is 0 Å². The molecule has 1 aromatic heterocycles. The molecule has 2 aromatic rings. The zero-order chi connectivity index (χ0) is 12.4. The van der Waals surface area contributed by atoms with Gasteiger partial charge in [0.05, 0.1) is 5.52 Å². The summed E-state index contributed by atoms with van der Waals surface area (Å²) >= 11 is 0. The van der Waals surface area contributed by atoms with Crippen molar-refractivity contribution in [1.82, 2.24) is 4.57 Å². The quantitative estimate of drug-likeness (QED) is 0.650. The predicted molar refractivity (Wildman–Crippen MR) is 60.9 cm³/mol. The second-order valence-electron chi connectivity index (χ2n) is 3.63. The highest BCUT2D eigenvalue weighted by Crippen LogP contribution is 2.21. The smallest absolute Gasteiger partial charge is 0.416 e. The number of carbonyl (C=O) groups is 1. The predicted octanol–water partition coefficient (Wildman–Crippen LogP) is 1.99. The SMILES string of the molecule is O=C(O)n1cc(CC[N+](=O)[O-])c2ccccc21. The Labute approximate surface area is 96.2 Å². The van der Waals surface area contributed by atoms with Gasteiger partial charge in [0.15, 0.2) is 0 Å². The first-order chi connectivity index (χ1) is 8.09.